The Kier molecular flexibility index (Phi) is 7.81. The second kappa shape index (κ2) is 9.87. The first-order valence-corrected chi connectivity index (χ1v) is 9.21. The van der Waals surface area contributed by atoms with Gasteiger partial charge in [-0.2, -0.15) is 22.0 Å². The van der Waals surface area contributed by atoms with E-state index in [1.165, 1.54) is 18.2 Å². The van der Waals surface area contributed by atoms with Crippen molar-refractivity contribution in [2.24, 2.45) is 4.99 Å². The monoisotopic (exact) mass is 442 g/mol. The van der Waals surface area contributed by atoms with E-state index in [1.54, 1.807) is 6.92 Å². The number of hydrogen-bond acceptors (Lipinski definition) is 4. The van der Waals surface area contributed by atoms with Crippen LogP contribution in [-0.4, -0.2) is 24.1 Å². The highest BCUT2D eigenvalue weighted by Crippen LogP contribution is 2.30. The predicted molar refractivity (Wildman–Crippen MR) is 96.9 cm³/mol. The molecule has 0 aliphatic carbocycles. The molecular formula is C16H16ClF5N4OS. The molecule has 0 bridgehead atoms. The van der Waals surface area contributed by atoms with Gasteiger partial charge in [-0.1, -0.05) is 11.6 Å². The van der Waals surface area contributed by atoms with Crippen LogP contribution in [0, 0.1) is 0 Å². The number of halogens is 6. The summed E-state index contributed by atoms with van der Waals surface area (Å²) in [6.45, 7) is -0.741. The molecule has 0 saturated carbocycles. The van der Waals surface area contributed by atoms with Gasteiger partial charge in [0.15, 0.2) is 11.7 Å². The van der Waals surface area contributed by atoms with Crippen molar-refractivity contribution in [1.29, 1.82) is 0 Å². The highest BCUT2D eigenvalue weighted by molar-refractivity contribution is 7.09. The molecular weight excluding hydrogens is 427 g/mol. The van der Waals surface area contributed by atoms with Crippen molar-refractivity contribution in [3.05, 3.63) is 44.9 Å². The third kappa shape index (κ3) is 6.79. The van der Waals surface area contributed by atoms with Crippen molar-refractivity contribution >= 4 is 28.9 Å². The lowest BCUT2D eigenvalue weighted by molar-refractivity contribution is -0.140. The lowest BCUT2D eigenvalue weighted by Crippen LogP contribution is -2.36. The minimum absolute atomic E-state index is 0.0164. The van der Waals surface area contributed by atoms with Crippen molar-refractivity contribution in [3.8, 4) is 5.75 Å². The normalized spacial score (nSPS) is 12.4. The second-order valence-corrected chi connectivity index (χ2v) is 6.68. The Balaban J connectivity index is 2.08. The molecule has 0 spiro atoms. The Hall–Kier alpha value is -2.14. The average Bonchev–Trinajstić information content (AvgIpc) is 3.08. The molecule has 0 fully saturated rings. The summed E-state index contributed by atoms with van der Waals surface area (Å²) in [5, 5.41) is 7.23. The van der Waals surface area contributed by atoms with Gasteiger partial charge in [-0.3, -0.25) is 0 Å². The number of aliphatic imine (C=N–C) groups is 1. The topological polar surface area (TPSA) is 58.5 Å². The van der Waals surface area contributed by atoms with Crippen LogP contribution in [0.25, 0.3) is 0 Å². The molecule has 1 heterocycles. The molecule has 0 atom stereocenters. The first-order valence-electron chi connectivity index (χ1n) is 7.96. The number of alkyl halides is 5. The van der Waals surface area contributed by atoms with E-state index in [4.69, 9.17) is 11.6 Å². The largest absolute Gasteiger partial charge is 0.434 e. The number of ether oxygens (including phenoxy) is 1. The first-order chi connectivity index (χ1) is 13.2. The maximum Gasteiger partial charge on any atom is 0.434 e. The van der Waals surface area contributed by atoms with Gasteiger partial charge in [-0.25, -0.2) is 9.98 Å². The zero-order valence-electron chi connectivity index (χ0n) is 14.5. The smallest absolute Gasteiger partial charge is 0.434 e. The van der Waals surface area contributed by atoms with Crippen LogP contribution in [0.5, 0.6) is 5.75 Å². The first kappa shape index (κ1) is 22.2. The number of nitrogens with one attached hydrogen (secondary N) is 2. The van der Waals surface area contributed by atoms with Crippen LogP contribution in [0.4, 0.5) is 22.0 Å². The maximum atomic E-state index is 12.6. The molecule has 2 aromatic rings. The van der Waals surface area contributed by atoms with Gasteiger partial charge in [0.25, 0.3) is 0 Å². The summed E-state index contributed by atoms with van der Waals surface area (Å²) in [4.78, 5) is 7.75. The van der Waals surface area contributed by atoms with E-state index in [1.807, 2.05) is 0 Å². The Morgan fingerprint density at radius 1 is 1.32 bits per heavy atom. The molecule has 0 amide bonds. The molecule has 0 aliphatic rings. The van der Waals surface area contributed by atoms with Gasteiger partial charge >= 0.3 is 12.8 Å². The molecule has 0 saturated heterocycles. The zero-order valence-corrected chi connectivity index (χ0v) is 16.1. The van der Waals surface area contributed by atoms with Crippen LogP contribution >= 0.6 is 22.9 Å². The molecule has 0 radical (unpaired) electrons. The third-order valence-electron chi connectivity index (χ3n) is 3.24. The zero-order chi connectivity index (χ0) is 20.7. The van der Waals surface area contributed by atoms with E-state index in [9.17, 15) is 22.0 Å². The van der Waals surface area contributed by atoms with Gasteiger partial charge < -0.3 is 15.4 Å². The Labute approximate surface area is 166 Å². The summed E-state index contributed by atoms with van der Waals surface area (Å²) in [5.41, 5.74) is -0.623. The Morgan fingerprint density at radius 3 is 2.68 bits per heavy atom. The van der Waals surface area contributed by atoms with Crippen LogP contribution in [0.1, 0.15) is 23.2 Å². The molecule has 5 nitrogen and oxygen atoms in total. The van der Waals surface area contributed by atoms with Crippen LogP contribution in [0.2, 0.25) is 5.02 Å². The molecule has 1 aromatic heterocycles. The Bertz CT molecular complexity index is 813. The van der Waals surface area contributed by atoms with Crippen LogP contribution in [0.15, 0.2) is 28.6 Å². The number of guanidine groups is 1. The minimum Gasteiger partial charge on any atom is -0.434 e. The van der Waals surface area contributed by atoms with Crippen LogP contribution in [0.3, 0.4) is 0 Å². The summed E-state index contributed by atoms with van der Waals surface area (Å²) in [7, 11) is 0. The fraction of sp³-hybridized carbons (Fsp3) is 0.375. The summed E-state index contributed by atoms with van der Waals surface area (Å²) in [5.74, 6) is 0.211. The van der Waals surface area contributed by atoms with Crippen LogP contribution < -0.4 is 15.4 Å². The number of benzene rings is 1. The van der Waals surface area contributed by atoms with E-state index >= 15 is 0 Å². The van der Waals surface area contributed by atoms with Crippen molar-refractivity contribution in [2.45, 2.75) is 32.8 Å². The molecule has 28 heavy (non-hydrogen) atoms. The lowest BCUT2D eigenvalue weighted by Gasteiger charge is -2.12. The van der Waals surface area contributed by atoms with E-state index < -0.39 is 18.5 Å². The molecule has 154 valence electrons. The van der Waals surface area contributed by atoms with Crippen molar-refractivity contribution in [2.75, 3.05) is 6.54 Å². The molecule has 0 unspecified atom stereocenters. The quantitative estimate of drug-likeness (QED) is 0.371. The summed E-state index contributed by atoms with van der Waals surface area (Å²) >= 11 is 6.75. The average molecular weight is 443 g/mol. The number of rotatable bonds is 7. The molecule has 2 N–H and O–H groups in total. The number of nitrogens with zero attached hydrogens (tertiary/aromatic N) is 2. The van der Waals surface area contributed by atoms with Gasteiger partial charge in [0, 0.05) is 22.5 Å². The summed E-state index contributed by atoms with van der Waals surface area (Å²) < 4.78 is 67.3. The SMILES string of the molecule is CCNC(=NCc1cc(Cl)ccc1OC(F)F)NCc1nc(C(F)(F)F)cs1. The summed E-state index contributed by atoms with van der Waals surface area (Å²) in [6.07, 6.45) is -4.50. The van der Waals surface area contributed by atoms with Gasteiger partial charge in [0.2, 0.25) is 0 Å². The minimum atomic E-state index is -4.50. The molecule has 0 aliphatic heterocycles. The third-order valence-corrected chi connectivity index (χ3v) is 4.32. The number of hydrogen-bond donors (Lipinski definition) is 2. The second-order valence-electron chi connectivity index (χ2n) is 5.30. The summed E-state index contributed by atoms with van der Waals surface area (Å²) in [6, 6.07) is 4.17. The number of aromatic nitrogens is 1. The highest BCUT2D eigenvalue weighted by Gasteiger charge is 2.33. The van der Waals surface area contributed by atoms with E-state index in [0.717, 1.165) is 16.7 Å². The molecule has 1 aromatic carbocycles. The predicted octanol–water partition coefficient (Wildman–Crippen LogP) is 4.67. The lowest BCUT2D eigenvalue weighted by atomic mass is 10.2. The fourth-order valence-electron chi connectivity index (χ4n) is 2.07. The van der Waals surface area contributed by atoms with Crippen LogP contribution in [-0.2, 0) is 19.3 Å². The standard InChI is InChI=1S/C16H16ClF5N4OS/c1-2-23-15(25-7-13-26-12(8-28-13)16(20,21)22)24-6-9-5-10(17)3-4-11(9)27-14(18)19/h3-5,8,14H,2,6-7H2,1H3,(H2,23,24,25). The maximum absolute atomic E-state index is 12.6. The molecule has 2 rings (SSSR count). The Morgan fingerprint density at radius 2 is 2.07 bits per heavy atom. The highest BCUT2D eigenvalue weighted by atomic mass is 35.5. The van der Waals surface area contributed by atoms with E-state index in [-0.39, 0.29) is 29.8 Å². The van der Waals surface area contributed by atoms with E-state index in [2.05, 4.69) is 25.3 Å². The fourth-order valence-corrected chi connectivity index (χ4v) is 3.01. The molecule has 12 heteroatoms. The van der Waals surface area contributed by atoms with Gasteiger partial charge in [0.1, 0.15) is 10.8 Å². The van der Waals surface area contributed by atoms with Crippen molar-refractivity contribution in [3.63, 3.8) is 0 Å². The number of thiazole rings is 1. The van der Waals surface area contributed by atoms with Crippen molar-refractivity contribution < 1.29 is 26.7 Å². The van der Waals surface area contributed by atoms with E-state index in [0.29, 0.717) is 17.1 Å². The van der Waals surface area contributed by atoms with Gasteiger partial charge in [-0.15, -0.1) is 11.3 Å². The van der Waals surface area contributed by atoms with Crippen molar-refractivity contribution in [1.82, 2.24) is 15.6 Å². The van der Waals surface area contributed by atoms with Gasteiger partial charge in [0.05, 0.1) is 13.1 Å². The van der Waals surface area contributed by atoms with Gasteiger partial charge in [-0.05, 0) is 25.1 Å².